The number of esters is 1. The summed E-state index contributed by atoms with van der Waals surface area (Å²) in [4.78, 5) is 29.6. The van der Waals surface area contributed by atoms with Crippen molar-refractivity contribution >= 4 is 33.1 Å². The fourth-order valence-electron chi connectivity index (χ4n) is 3.17. The van der Waals surface area contributed by atoms with Crippen LogP contribution in [0.2, 0.25) is 0 Å². The molecule has 1 N–H and O–H groups in total. The van der Waals surface area contributed by atoms with Gasteiger partial charge in [-0.2, -0.15) is 9.40 Å². The highest BCUT2D eigenvalue weighted by molar-refractivity contribution is 7.91. The van der Waals surface area contributed by atoms with Gasteiger partial charge in [-0.1, -0.05) is 0 Å². The predicted octanol–water partition coefficient (Wildman–Crippen LogP) is 1.19. The molecule has 0 aromatic carbocycles. The number of carbonyl (C=O) groups is 1. The van der Waals surface area contributed by atoms with Crippen molar-refractivity contribution in [2.24, 2.45) is 0 Å². The summed E-state index contributed by atoms with van der Waals surface area (Å²) >= 11 is 1.11. The summed E-state index contributed by atoms with van der Waals surface area (Å²) < 4.78 is 32.4. The molecular weight excluding hydrogens is 442 g/mol. The molecular formula is C19H19N5O5S2. The van der Waals surface area contributed by atoms with Gasteiger partial charge in [0.25, 0.3) is 15.6 Å². The molecule has 0 unspecified atom stereocenters. The third-order valence-electron chi connectivity index (χ3n) is 4.84. The Bertz CT molecular complexity index is 1220. The Labute approximate surface area is 182 Å². The average molecular weight is 462 g/mol. The van der Waals surface area contributed by atoms with Gasteiger partial charge in [0.15, 0.2) is 0 Å². The van der Waals surface area contributed by atoms with Gasteiger partial charge >= 0.3 is 5.97 Å². The van der Waals surface area contributed by atoms with Crippen molar-refractivity contribution in [2.75, 3.05) is 38.2 Å². The Morgan fingerprint density at radius 3 is 2.48 bits per heavy atom. The van der Waals surface area contributed by atoms with E-state index in [1.54, 1.807) is 30.3 Å². The molecule has 1 aliphatic heterocycles. The SMILES string of the molecule is COC(=O)c1ccc(N2CCN(S(=O)(=O)c3ccc(-c4ccc(=O)[nH]n4)s3)CC2)nc1. The summed E-state index contributed by atoms with van der Waals surface area (Å²) in [6.45, 7) is 1.58. The molecule has 1 aliphatic rings. The molecule has 4 heterocycles. The first kappa shape index (κ1) is 21.2. The van der Waals surface area contributed by atoms with E-state index in [1.165, 1.54) is 23.7 Å². The zero-order valence-electron chi connectivity index (χ0n) is 16.5. The van der Waals surface area contributed by atoms with Crippen molar-refractivity contribution < 1.29 is 17.9 Å². The molecule has 162 valence electrons. The van der Waals surface area contributed by atoms with Gasteiger partial charge in [-0.3, -0.25) is 4.79 Å². The van der Waals surface area contributed by atoms with Crippen molar-refractivity contribution in [1.82, 2.24) is 19.5 Å². The van der Waals surface area contributed by atoms with E-state index in [9.17, 15) is 18.0 Å². The number of hydrogen-bond acceptors (Lipinski definition) is 9. The lowest BCUT2D eigenvalue weighted by molar-refractivity contribution is 0.0600. The first-order valence-electron chi connectivity index (χ1n) is 9.34. The Morgan fingerprint density at radius 1 is 1.10 bits per heavy atom. The molecule has 12 heteroatoms. The number of H-pyrrole nitrogens is 1. The molecule has 31 heavy (non-hydrogen) atoms. The quantitative estimate of drug-likeness (QED) is 0.562. The molecule has 0 spiro atoms. The van der Waals surface area contributed by atoms with Gasteiger partial charge in [-0.15, -0.1) is 11.3 Å². The molecule has 1 saturated heterocycles. The van der Waals surface area contributed by atoms with E-state index in [2.05, 4.69) is 19.9 Å². The zero-order valence-corrected chi connectivity index (χ0v) is 18.1. The lowest BCUT2D eigenvalue weighted by Crippen LogP contribution is -2.48. The lowest BCUT2D eigenvalue weighted by atomic mass is 10.2. The van der Waals surface area contributed by atoms with E-state index in [-0.39, 0.29) is 9.77 Å². The molecule has 3 aromatic heterocycles. The number of nitrogens with one attached hydrogen (secondary N) is 1. The number of pyridine rings is 1. The molecule has 0 saturated carbocycles. The van der Waals surface area contributed by atoms with Crippen molar-refractivity contribution in [3.05, 3.63) is 58.5 Å². The second-order valence-electron chi connectivity index (χ2n) is 6.71. The lowest BCUT2D eigenvalue weighted by Gasteiger charge is -2.34. The zero-order chi connectivity index (χ0) is 22.0. The number of aromatic amines is 1. The van der Waals surface area contributed by atoms with Crippen LogP contribution in [0.25, 0.3) is 10.6 Å². The maximum Gasteiger partial charge on any atom is 0.339 e. The van der Waals surface area contributed by atoms with Crippen LogP contribution >= 0.6 is 11.3 Å². The Morgan fingerprint density at radius 2 is 1.87 bits per heavy atom. The standard InChI is InChI=1S/C19H19N5O5S2/c1-29-19(26)13-2-5-16(20-12-13)23-8-10-24(11-9-23)31(27,28)18-7-4-15(30-18)14-3-6-17(25)22-21-14/h2-7,12H,8-11H2,1H3,(H,22,25). The fraction of sp³-hybridized carbons (Fsp3) is 0.263. The van der Waals surface area contributed by atoms with E-state index in [1.807, 2.05) is 4.90 Å². The van der Waals surface area contributed by atoms with Crippen molar-refractivity contribution in [2.45, 2.75) is 4.21 Å². The highest BCUT2D eigenvalue weighted by Crippen LogP contribution is 2.31. The summed E-state index contributed by atoms with van der Waals surface area (Å²) in [5, 5.41) is 6.29. The van der Waals surface area contributed by atoms with Crippen molar-refractivity contribution in [3.63, 3.8) is 0 Å². The van der Waals surface area contributed by atoms with E-state index >= 15 is 0 Å². The van der Waals surface area contributed by atoms with Gasteiger partial charge in [-0.05, 0) is 30.3 Å². The van der Waals surface area contributed by atoms with Crippen molar-refractivity contribution in [3.8, 4) is 10.6 Å². The minimum atomic E-state index is -3.64. The van der Waals surface area contributed by atoms with Gasteiger partial charge in [0.1, 0.15) is 15.7 Å². The van der Waals surface area contributed by atoms with E-state index < -0.39 is 16.0 Å². The maximum absolute atomic E-state index is 13.1. The summed E-state index contributed by atoms with van der Waals surface area (Å²) in [5.41, 5.74) is 0.552. The van der Waals surface area contributed by atoms with Crippen LogP contribution in [0.1, 0.15) is 10.4 Å². The van der Waals surface area contributed by atoms with E-state index in [4.69, 9.17) is 0 Å². The molecule has 10 nitrogen and oxygen atoms in total. The molecule has 0 aliphatic carbocycles. The van der Waals surface area contributed by atoms with Gasteiger partial charge in [0.05, 0.1) is 17.6 Å². The van der Waals surface area contributed by atoms with Gasteiger partial charge in [0.2, 0.25) is 0 Å². The van der Waals surface area contributed by atoms with Crippen LogP contribution < -0.4 is 10.5 Å². The first-order chi connectivity index (χ1) is 14.9. The van der Waals surface area contributed by atoms with Crippen LogP contribution in [0.4, 0.5) is 5.82 Å². The molecule has 0 atom stereocenters. The first-order valence-corrected chi connectivity index (χ1v) is 11.6. The number of carbonyl (C=O) groups excluding carboxylic acids is 1. The number of aromatic nitrogens is 3. The number of piperazine rings is 1. The Hall–Kier alpha value is -3.09. The number of nitrogens with zero attached hydrogens (tertiary/aromatic N) is 4. The number of rotatable bonds is 5. The topological polar surface area (TPSA) is 126 Å². The molecule has 0 bridgehead atoms. The fourth-order valence-corrected chi connectivity index (χ4v) is 6.03. The molecule has 0 amide bonds. The molecule has 1 fully saturated rings. The predicted molar refractivity (Wildman–Crippen MR) is 115 cm³/mol. The highest BCUT2D eigenvalue weighted by atomic mass is 32.2. The summed E-state index contributed by atoms with van der Waals surface area (Å²) in [6, 6.07) is 9.50. The Balaban J connectivity index is 1.44. The number of thiophene rings is 1. The smallest absolute Gasteiger partial charge is 0.339 e. The summed E-state index contributed by atoms with van der Waals surface area (Å²) in [5.74, 6) is 0.217. The van der Waals surface area contributed by atoms with E-state index in [0.29, 0.717) is 48.1 Å². The van der Waals surface area contributed by atoms with Crippen LogP contribution in [0.5, 0.6) is 0 Å². The molecule has 0 radical (unpaired) electrons. The van der Waals surface area contributed by atoms with Crippen molar-refractivity contribution in [1.29, 1.82) is 0 Å². The highest BCUT2D eigenvalue weighted by Gasteiger charge is 2.30. The normalized spacial score (nSPS) is 15.1. The average Bonchev–Trinajstić information content (AvgIpc) is 3.30. The van der Waals surface area contributed by atoms with Crippen LogP contribution in [-0.2, 0) is 14.8 Å². The Kier molecular flexibility index (Phi) is 5.85. The number of anilines is 1. The monoisotopic (exact) mass is 461 g/mol. The van der Waals surface area contributed by atoms with Crippen LogP contribution in [0.15, 0.2) is 51.6 Å². The number of methoxy groups -OCH3 is 1. The minimum absolute atomic E-state index is 0.226. The van der Waals surface area contributed by atoms with Crippen LogP contribution in [0, 0.1) is 0 Å². The minimum Gasteiger partial charge on any atom is -0.465 e. The molecule has 3 aromatic rings. The van der Waals surface area contributed by atoms with E-state index in [0.717, 1.165) is 11.3 Å². The van der Waals surface area contributed by atoms with Crippen LogP contribution in [0.3, 0.4) is 0 Å². The number of ether oxygens (including phenoxy) is 1. The molecule has 4 rings (SSSR count). The summed E-state index contributed by atoms with van der Waals surface area (Å²) in [6.07, 6.45) is 1.45. The second kappa shape index (κ2) is 8.57. The van der Waals surface area contributed by atoms with Gasteiger partial charge in [-0.25, -0.2) is 23.3 Å². The van der Waals surface area contributed by atoms with Crippen LogP contribution in [-0.4, -0.2) is 67.2 Å². The van der Waals surface area contributed by atoms with Gasteiger partial charge < -0.3 is 9.64 Å². The third-order valence-corrected chi connectivity index (χ3v) is 8.31. The third kappa shape index (κ3) is 4.36. The largest absolute Gasteiger partial charge is 0.465 e. The second-order valence-corrected chi connectivity index (χ2v) is 9.96. The summed E-state index contributed by atoms with van der Waals surface area (Å²) in [7, 11) is -2.33. The number of sulfonamides is 1. The number of hydrogen-bond donors (Lipinski definition) is 1. The van der Waals surface area contributed by atoms with Gasteiger partial charge in [0, 0.05) is 38.4 Å². The maximum atomic E-state index is 13.1.